The molecule has 1 saturated carbocycles. The van der Waals surface area contributed by atoms with Crippen LogP contribution < -0.4 is 5.32 Å². The van der Waals surface area contributed by atoms with Gasteiger partial charge in [-0.3, -0.25) is 4.90 Å². The van der Waals surface area contributed by atoms with Crippen molar-refractivity contribution in [1.29, 1.82) is 15.8 Å². The summed E-state index contributed by atoms with van der Waals surface area (Å²) in [6.45, 7) is 10.1. The van der Waals surface area contributed by atoms with Crippen LogP contribution in [0.4, 0.5) is 0 Å². The molecule has 0 amide bonds. The van der Waals surface area contributed by atoms with Crippen molar-refractivity contribution in [1.82, 2.24) is 10.2 Å². The van der Waals surface area contributed by atoms with E-state index in [4.69, 9.17) is 15.8 Å². The summed E-state index contributed by atoms with van der Waals surface area (Å²) < 4.78 is 0. The third-order valence-corrected chi connectivity index (χ3v) is 4.93. The monoisotopic (exact) mass is 329 g/mol. The minimum Gasteiger partial charge on any atom is -0.315 e. The molecule has 1 N–H and O–H groups in total. The van der Waals surface area contributed by atoms with Gasteiger partial charge in [0.15, 0.2) is 0 Å². The van der Waals surface area contributed by atoms with Crippen LogP contribution in [-0.4, -0.2) is 37.1 Å². The van der Waals surface area contributed by atoms with Gasteiger partial charge in [-0.2, -0.15) is 15.8 Å². The summed E-state index contributed by atoms with van der Waals surface area (Å²) in [7, 11) is 0. The van der Waals surface area contributed by atoms with E-state index in [2.05, 4.69) is 49.2 Å². The van der Waals surface area contributed by atoms with Crippen LogP contribution in [0.3, 0.4) is 0 Å². The molecule has 1 fully saturated rings. The maximum absolute atomic E-state index is 8.93. The second-order valence-electron chi connectivity index (χ2n) is 8.15. The Morgan fingerprint density at radius 3 is 2.08 bits per heavy atom. The van der Waals surface area contributed by atoms with Crippen LogP contribution in [0.25, 0.3) is 0 Å². The van der Waals surface area contributed by atoms with E-state index in [0.29, 0.717) is 25.3 Å². The van der Waals surface area contributed by atoms with E-state index in [9.17, 15) is 0 Å². The third-order valence-electron chi connectivity index (χ3n) is 4.93. The molecule has 0 bridgehead atoms. The predicted octanol–water partition coefficient (Wildman–Crippen LogP) is 3.20. The smallest absolute Gasteiger partial charge is 0.0635 e. The Bertz CT molecular complexity index is 489. The molecule has 5 nitrogen and oxygen atoms in total. The Balaban J connectivity index is 2.79. The lowest BCUT2D eigenvalue weighted by atomic mass is 9.62. The van der Waals surface area contributed by atoms with Crippen LogP contribution in [0.5, 0.6) is 0 Å². The van der Waals surface area contributed by atoms with Gasteiger partial charge in [-0.25, -0.2) is 0 Å². The summed E-state index contributed by atoms with van der Waals surface area (Å²) in [6, 6.07) is 7.06. The first-order valence-corrected chi connectivity index (χ1v) is 8.91. The quantitative estimate of drug-likeness (QED) is 0.656. The molecule has 2 unspecified atom stereocenters. The predicted molar refractivity (Wildman–Crippen MR) is 94.7 cm³/mol. The van der Waals surface area contributed by atoms with Gasteiger partial charge in [-0.05, 0) is 30.1 Å². The lowest BCUT2D eigenvalue weighted by Crippen LogP contribution is -2.50. The molecule has 1 aliphatic rings. The summed E-state index contributed by atoms with van der Waals surface area (Å²) >= 11 is 0. The first-order chi connectivity index (χ1) is 11.4. The van der Waals surface area contributed by atoms with Crippen LogP contribution in [-0.2, 0) is 0 Å². The highest BCUT2D eigenvalue weighted by atomic mass is 15.2. The van der Waals surface area contributed by atoms with Gasteiger partial charge < -0.3 is 5.32 Å². The zero-order valence-electron chi connectivity index (χ0n) is 15.4. The molecule has 0 heterocycles. The van der Waals surface area contributed by atoms with E-state index in [1.54, 1.807) is 0 Å². The molecule has 0 aromatic rings. The van der Waals surface area contributed by atoms with Crippen molar-refractivity contribution >= 4 is 0 Å². The van der Waals surface area contributed by atoms with Crippen molar-refractivity contribution in [2.45, 2.75) is 65.3 Å². The molecule has 1 aliphatic carbocycles. The van der Waals surface area contributed by atoms with E-state index >= 15 is 0 Å². The first kappa shape index (κ1) is 20.4. The van der Waals surface area contributed by atoms with Crippen molar-refractivity contribution in [2.24, 2.45) is 10.8 Å². The Morgan fingerprint density at radius 2 is 1.54 bits per heavy atom. The van der Waals surface area contributed by atoms with Gasteiger partial charge in [-0.1, -0.05) is 20.8 Å². The Kier molecular flexibility index (Phi) is 8.20. The standard InChI is InChI=1S/C19H31N5/c1-18(2)13-17(24(11-5-8-21)12-6-9-22)14-19(3,15-18)16-23-10-4-7-20/h17,23H,4-6,10-16H2,1-3H3. The second kappa shape index (κ2) is 9.63. The average molecular weight is 329 g/mol. The first-order valence-electron chi connectivity index (χ1n) is 8.91. The Hall–Kier alpha value is -1.61. The van der Waals surface area contributed by atoms with Gasteiger partial charge in [-0.15, -0.1) is 0 Å². The van der Waals surface area contributed by atoms with Crippen molar-refractivity contribution < 1.29 is 0 Å². The molecular weight excluding hydrogens is 298 g/mol. The summed E-state index contributed by atoms with van der Waals surface area (Å²) in [5.41, 5.74) is 0.422. The van der Waals surface area contributed by atoms with Gasteiger partial charge in [0.25, 0.3) is 0 Å². The maximum atomic E-state index is 8.93. The van der Waals surface area contributed by atoms with Crippen molar-refractivity contribution in [3.05, 3.63) is 0 Å². The molecule has 1 rings (SSSR count). The number of hydrogen-bond acceptors (Lipinski definition) is 5. The van der Waals surface area contributed by atoms with Crippen LogP contribution in [0, 0.1) is 44.8 Å². The highest BCUT2D eigenvalue weighted by molar-refractivity contribution is 4.97. The molecule has 5 heteroatoms. The molecule has 0 saturated heterocycles. The lowest BCUT2D eigenvalue weighted by Gasteiger charge is -2.50. The van der Waals surface area contributed by atoms with Crippen molar-refractivity contribution in [3.8, 4) is 18.2 Å². The number of rotatable bonds is 9. The van der Waals surface area contributed by atoms with Crippen LogP contribution in [0.15, 0.2) is 0 Å². The van der Waals surface area contributed by atoms with E-state index in [1.165, 1.54) is 0 Å². The number of nitrogens with zero attached hydrogens (tertiary/aromatic N) is 4. The maximum Gasteiger partial charge on any atom is 0.0635 e. The molecule has 0 aliphatic heterocycles. The molecular formula is C19H31N5. The number of nitriles is 3. The molecule has 0 radical (unpaired) electrons. The van der Waals surface area contributed by atoms with E-state index < -0.39 is 0 Å². The van der Waals surface area contributed by atoms with Gasteiger partial charge in [0.1, 0.15) is 0 Å². The normalized spacial score (nSPS) is 25.6. The molecule has 0 aromatic carbocycles. The average Bonchev–Trinajstić information content (AvgIpc) is 2.50. The van der Waals surface area contributed by atoms with Crippen molar-refractivity contribution in [2.75, 3.05) is 26.2 Å². The van der Waals surface area contributed by atoms with Gasteiger partial charge in [0.2, 0.25) is 0 Å². The van der Waals surface area contributed by atoms with Crippen LogP contribution in [0.2, 0.25) is 0 Å². The summed E-state index contributed by atoms with van der Waals surface area (Å²) in [5.74, 6) is 0. The fraction of sp³-hybridized carbons (Fsp3) is 0.842. The van der Waals surface area contributed by atoms with Crippen LogP contribution >= 0.6 is 0 Å². The molecule has 132 valence electrons. The fourth-order valence-electron chi connectivity index (χ4n) is 4.37. The third kappa shape index (κ3) is 6.88. The minimum atomic E-state index is 0.180. The summed E-state index contributed by atoms with van der Waals surface area (Å²) in [4.78, 5) is 2.35. The lowest BCUT2D eigenvalue weighted by molar-refractivity contribution is 0.0168. The van der Waals surface area contributed by atoms with E-state index in [1.807, 2.05) is 0 Å². The minimum absolute atomic E-state index is 0.180. The van der Waals surface area contributed by atoms with Gasteiger partial charge in [0, 0.05) is 51.5 Å². The zero-order valence-corrected chi connectivity index (χ0v) is 15.4. The van der Waals surface area contributed by atoms with Gasteiger partial charge >= 0.3 is 0 Å². The SMILES string of the molecule is CC1(C)CC(N(CCC#N)CCC#N)CC(C)(CNCCC#N)C1. The van der Waals surface area contributed by atoms with E-state index in [-0.39, 0.29) is 10.8 Å². The second-order valence-corrected chi connectivity index (χ2v) is 8.15. The Morgan fingerprint density at radius 1 is 0.958 bits per heavy atom. The topological polar surface area (TPSA) is 86.6 Å². The molecule has 0 spiro atoms. The fourth-order valence-corrected chi connectivity index (χ4v) is 4.37. The van der Waals surface area contributed by atoms with Gasteiger partial charge in [0.05, 0.1) is 18.2 Å². The Labute approximate surface area is 147 Å². The van der Waals surface area contributed by atoms with Crippen molar-refractivity contribution in [3.63, 3.8) is 0 Å². The summed E-state index contributed by atoms with van der Waals surface area (Å²) in [5, 5.41) is 30.0. The number of hydrogen-bond donors (Lipinski definition) is 1. The highest BCUT2D eigenvalue weighted by Crippen LogP contribution is 2.47. The molecule has 24 heavy (non-hydrogen) atoms. The zero-order chi connectivity index (χ0) is 18.1. The molecule has 2 atom stereocenters. The largest absolute Gasteiger partial charge is 0.315 e. The summed E-state index contributed by atoms with van der Waals surface area (Å²) in [6.07, 6.45) is 4.91. The molecule has 0 aromatic heterocycles. The van der Waals surface area contributed by atoms with E-state index in [0.717, 1.165) is 45.4 Å². The highest BCUT2D eigenvalue weighted by Gasteiger charge is 2.42. The number of nitrogens with one attached hydrogen (secondary N) is 1. The van der Waals surface area contributed by atoms with Crippen LogP contribution in [0.1, 0.15) is 59.3 Å².